The minimum Gasteiger partial charge on any atom is -0.356 e. The van der Waals surface area contributed by atoms with E-state index in [1.54, 1.807) is 0 Å². The number of nitrogens with two attached hydrogens (primary N) is 8. The van der Waals surface area contributed by atoms with Crippen molar-refractivity contribution in [2.45, 2.75) is 84.3 Å². The van der Waals surface area contributed by atoms with Crippen molar-refractivity contribution in [2.75, 3.05) is 209 Å². The van der Waals surface area contributed by atoms with Crippen molar-refractivity contribution >= 4 is 53.2 Å². The maximum Gasteiger partial charge on any atom is 0.221 e. The zero-order valence-corrected chi connectivity index (χ0v) is 68.2. The molecule has 0 atom stereocenters. The van der Waals surface area contributed by atoms with E-state index in [0.717, 1.165) is 33.4 Å². The number of amides is 9. The number of nitrogens with one attached hydrogen (secondary N) is 9. The Morgan fingerprint density at radius 3 is 0.578 bits per heavy atom. The van der Waals surface area contributed by atoms with Crippen LogP contribution in [0.5, 0.6) is 0 Å². The fourth-order valence-electron chi connectivity index (χ4n) is 11.8. The largest absolute Gasteiger partial charge is 0.356 e. The molecule has 25 N–H and O–H groups in total. The molecule has 32 nitrogen and oxygen atoms in total. The average Bonchev–Trinajstić information content (AvgIpc) is 0.851. The Morgan fingerprint density at radius 1 is 0.233 bits per heavy atom. The predicted molar refractivity (Wildman–Crippen MR) is 456 cm³/mol. The Kier molecular flexibility index (Phi) is 52.4. The van der Waals surface area contributed by atoms with Gasteiger partial charge in [-0.05, 0) is 78.2 Å². The molecule has 0 fully saturated rings. The van der Waals surface area contributed by atoms with Crippen molar-refractivity contribution in [3.63, 3.8) is 0 Å². The maximum absolute atomic E-state index is 12.9. The molecule has 0 bridgehead atoms. The summed E-state index contributed by atoms with van der Waals surface area (Å²) >= 11 is 0. The van der Waals surface area contributed by atoms with Crippen molar-refractivity contribution in [2.24, 2.45) is 45.9 Å². The molecule has 0 radical (unpaired) electrons. The quantitative estimate of drug-likeness (QED) is 0.0190. The summed E-state index contributed by atoms with van der Waals surface area (Å²) in [6, 6.07) is 29.5. The highest BCUT2D eigenvalue weighted by Crippen LogP contribution is 2.16. The van der Waals surface area contributed by atoms with Gasteiger partial charge in [-0.1, -0.05) is 71.9 Å². The Hall–Kier alpha value is -9.77. The maximum atomic E-state index is 12.9. The summed E-state index contributed by atoms with van der Waals surface area (Å²) in [5, 5.41) is 25.5. The molecule has 0 unspecified atom stereocenters. The summed E-state index contributed by atoms with van der Waals surface area (Å²) < 4.78 is 0. The van der Waals surface area contributed by atoms with Crippen LogP contribution < -0.4 is 93.7 Å². The molecule has 9 amide bonds. The van der Waals surface area contributed by atoms with Crippen LogP contribution in [-0.2, 0) is 62.8 Å². The Bertz CT molecular complexity index is 3530. The Balaban J connectivity index is 1.72. The van der Waals surface area contributed by atoms with E-state index in [0.29, 0.717) is 246 Å². The Morgan fingerprint density at radius 2 is 0.397 bits per heavy atom. The first-order valence-corrected chi connectivity index (χ1v) is 40.6. The summed E-state index contributed by atoms with van der Waals surface area (Å²) in [7, 11) is 0. The molecule has 116 heavy (non-hydrogen) atoms. The molecule has 636 valence electrons. The number of hydrogen-bond donors (Lipinski definition) is 17. The molecule has 32 heteroatoms. The number of carbonyl (C=O) groups excluding carboxylic acids is 9. The van der Waals surface area contributed by atoms with E-state index in [4.69, 9.17) is 45.9 Å². The lowest BCUT2D eigenvalue weighted by Crippen LogP contribution is -2.40. The SMILES string of the molecule is CCNC(=O)CCN(CCC(=O)NCCN)CCN(CCC(=O)NCCN)Cc1ccc(C#Cc2cc(C#Cc3ccc(CN(CCC(=O)NCCN)CCN(CCC(=O)NCCN)CCC(=O)NCCN)cc3)cc(C#Cc3ccc(CN(CCC(=O)NCCN)CCN(CCC(=O)NCCN)CCC(=O)NCCN)cc3)c2)cc1. The van der Waals surface area contributed by atoms with Crippen molar-refractivity contribution in [1.29, 1.82) is 0 Å². The summed E-state index contributed by atoms with van der Waals surface area (Å²) in [6.07, 6.45) is 2.10. The highest BCUT2D eigenvalue weighted by Gasteiger charge is 2.20. The standard InChI is InChI=1S/C84H131N23O9/c1-2-93-76(108)21-46-102(47-22-77(109)94-38-30-85)55-58-105(52-27-82(114)99-43-35-90)64-70-12-3-67(4-13-70)9-18-73-61-74(19-10-68-5-14-71(15-6-68)65-106(53-28-83(115)100-44-36-91)59-56-103(48-23-78(110)95-39-31-86)49-24-79(111)96-40-32-87)63-75(62-73)20-11-69-7-16-72(17-8-69)66-107(54-29-84(116)101-45-37-92)60-57-104(50-25-80(112)97-41-33-88)51-26-81(113)98-42-34-89/h3-8,12-17,61-63H,2,21-60,64-66,85-92H2,1H3,(H,93,108)(H,94,109)(H,95,110)(H,96,111)(H,97,112)(H,98,113)(H,99,114)(H,100,115)(H,101,116). The lowest BCUT2D eigenvalue weighted by Gasteiger charge is -2.28. The lowest BCUT2D eigenvalue weighted by atomic mass is 10.0. The minimum atomic E-state index is -0.136. The van der Waals surface area contributed by atoms with Gasteiger partial charge in [-0.15, -0.1) is 0 Å². The normalized spacial score (nSPS) is 11.0. The molecule has 0 spiro atoms. The molecule has 0 aliphatic carbocycles. The van der Waals surface area contributed by atoms with Gasteiger partial charge in [0.05, 0.1) is 0 Å². The molecule has 0 aromatic heterocycles. The van der Waals surface area contributed by atoms with Gasteiger partial charge in [0.1, 0.15) is 0 Å². The van der Waals surface area contributed by atoms with Crippen LogP contribution in [-0.4, -0.2) is 292 Å². The molecule has 4 aromatic carbocycles. The fraction of sp³-hybridized carbons (Fsp3) is 0.536. The second kappa shape index (κ2) is 61.6. The van der Waals surface area contributed by atoms with Crippen molar-refractivity contribution in [3.8, 4) is 35.5 Å². The third kappa shape index (κ3) is 46.7. The number of hydrogen-bond acceptors (Lipinski definition) is 23. The predicted octanol–water partition coefficient (Wildman–Crippen LogP) is -3.56. The summed E-state index contributed by atoms with van der Waals surface area (Å²) in [4.78, 5) is 127. The highest BCUT2D eigenvalue weighted by molar-refractivity contribution is 5.79. The summed E-state index contributed by atoms with van der Waals surface area (Å²) in [5.74, 6) is 19.1. The van der Waals surface area contributed by atoms with E-state index in [1.807, 2.05) is 97.9 Å². The van der Waals surface area contributed by atoms with Crippen LogP contribution in [0.15, 0.2) is 91.0 Å². The summed E-state index contributed by atoms with van der Waals surface area (Å²) in [6.45, 7) is 16.4. The molecule has 0 saturated heterocycles. The minimum absolute atomic E-state index is 0.0750. The van der Waals surface area contributed by atoms with E-state index in [9.17, 15) is 43.2 Å². The highest BCUT2D eigenvalue weighted by atomic mass is 16.2. The monoisotopic (exact) mass is 1610 g/mol. The number of nitrogens with zero attached hydrogens (tertiary/aromatic N) is 6. The molecular formula is C84H131N23O9. The van der Waals surface area contributed by atoms with E-state index >= 15 is 0 Å². The van der Waals surface area contributed by atoms with E-state index in [2.05, 4.69) is 113 Å². The average molecular weight is 1610 g/mol. The van der Waals surface area contributed by atoms with Crippen LogP contribution in [0.2, 0.25) is 0 Å². The van der Waals surface area contributed by atoms with E-state index in [1.165, 1.54) is 0 Å². The van der Waals surface area contributed by atoms with Crippen LogP contribution >= 0.6 is 0 Å². The number of carbonyl (C=O) groups is 9. The van der Waals surface area contributed by atoms with Gasteiger partial charge in [-0.25, -0.2) is 0 Å². The van der Waals surface area contributed by atoms with Gasteiger partial charge in [-0.2, -0.15) is 0 Å². The zero-order chi connectivity index (χ0) is 84.2. The third-order valence-electron chi connectivity index (χ3n) is 18.3. The van der Waals surface area contributed by atoms with E-state index < -0.39 is 0 Å². The molecule has 4 aromatic rings. The summed E-state index contributed by atoms with van der Waals surface area (Å²) in [5.41, 5.74) is 52.4. The first-order chi connectivity index (χ1) is 56.3. The van der Waals surface area contributed by atoms with Gasteiger partial charge in [0.15, 0.2) is 0 Å². The smallest absolute Gasteiger partial charge is 0.221 e. The first-order valence-electron chi connectivity index (χ1n) is 40.6. The van der Waals surface area contributed by atoms with Crippen LogP contribution in [0.1, 0.15) is 115 Å². The fourth-order valence-corrected chi connectivity index (χ4v) is 11.8. The second-order valence-electron chi connectivity index (χ2n) is 27.8. The van der Waals surface area contributed by atoms with Crippen LogP contribution in [0.3, 0.4) is 0 Å². The van der Waals surface area contributed by atoms with Gasteiger partial charge in [0.2, 0.25) is 53.2 Å². The zero-order valence-electron chi connectivity index (χ0n) is 68.2. The molecule has 0 aliphatic rings. The van der Waals surface area contributed by atoms with Gasteiger partial charge in [0, 0.05) is 320 Å². The van der Waals surface area contributed by atoms with Crippen molar-refractivity contribution in [1.82, 2.24) is 77.3 Å². The first kappa shape index (κ1) is 98.6. The van der Waals surface area contributed by atoms with Gasteiger partial charge in [-0.3, -0.25) is 57.9 Å². The topological polar surface area (TPSA) is 489 Å². The van der Waals surface area contributed by atoms with Crippen LogP contribution in [0.4, 0.5) is 0 Å². The van der Waals surface area contributed by atoms with Gasteiger partial charge >= 0.3 is 0 Å². The molecule has 0 heterocycles. The Labute approximate surface area is 686 Å². The van der Waals surface area contributed by atoms with Crippen LogP contribution in [0.25, 0.3) is 0 Å². The number of rotatable bonds is 59. The number of benzene rings is 4. The molecular weight excluding hydrogens is 1480 g/mol. The molecule has 0 aliphatic heterocycles. The lowest BCUT2D eigenvalue weighted by molar-refractivity contribution is -0.123. The van der Waals surface area contributed by atoms with Crippen molar-refractivity contribution in [3.05, 3.63) is 141 Å². The molecule has 0 saturated carbocycles. The second-order valence-corrected chi connectivity index (χ2v) is 27.8. The van der Waals surface area contributed by atoms with Gasteiger partial charge < -0.3 is 108 Å². The van der Waals surface area contributed by atoms with E-state index in [-0.39, 0.29) is 111 Å². The third-order valence-corrected chi connectivity index (χ3v) is 18.3. The molecule has 4 rings (SSSR count). The van der Waals surface area contributed by atoms with Gasteiger partial charge in [0.25, 0.3) is 0 Å². The van der Waals surface area contributed by atoms with Crippen LogP contribution in [0, 0.1) is 35.5 Å². The van der Waals surface area contributed by atoms with Crippen molar-refractivity contribution < 1.29 is 43.2 Å².